The van der Waals surface area contributed by atoms with Gasteiger partial charge in [-0.2, -0.15) is 0 Å². The van der Waals surface area contributed by atoms with E-state index in [0.717, 1.165) is 0 Å². The van der Waals surface area contributed by atoms with Gasteiger partial charge in [-0.15, -0.1) is 6.58 Å². The molecule has 0 aliphatic carbocycles. The largest absolute Gasteiger partial charge is 0.102 e. The molecule has 1 aromatic rings. The van der Waals surface area contributed by atoms with Gasteiger partial charge < -0.3 is 0 Å². The second kappa shape index (κ2) is 3.57. The van der Waals surface area contributed by atoms with E-state index in [4.69, 9.17) is 0 Å². The van der Waals surface area contributed by atoms with Crippen molar-refractivity contribution < 1.29 is 0 Å². The molecule has 0 aromatic heterocycles. The molecule has 0 N–H and O–H groups in total. The van der Waals surface area contributed by atoms with Crippen LogP contribution in [0.5, 0.6) is 0 Å². The number of aryl methyl sites for hydroxylation is 2. The van der Waals surface area contributed by atoms with E-state index in [1.54, 1.807) is 0 Å². The minimum Gasteiger partial charge on any atom is -0.102 e. The molecular formula is C12H16. The van der Waals surface area contributed by atoms with E-state index in [0.29, 0.717) is 5.92 Å². The Morgan fingerprint density at radius 3 is 2.50 bits per heavy atom. The van der Waals surface area contributed by atoms with Gasteiger partial charge in [0.1, 0.15) is 0 Å². The van der Waals surface area contributed by atoms with Crippen LogP contribution in [0.2, 0.25) is 0 Å². The highest BCUT2D eigenvalue weighted by Gasteiger charge is 2.03. The zero-order valence-corrected chi connectivity index (χ0v) is 8.09. The van der Waals surface area contributed by atoms with E-state index >= 15 is 0 Å². The fraction of sp³-hybridized carbons (Fsp3) is 0.333. The molecule has 1 unspecified atom stereocenters. The molecule has 0 radical (unpaired) electrons. The molecule has 0 heterocycles. The Hall–Kier alpha value is -1.04. The summed E-state index contributed by atoms with van der Waals surface area (Å²) in [4.78, 5) is 0. The Bertz CT molecular complexity index is 284. The molecule has 0 fully saturated rings. The monoisotopic (exact) mass is 160 g/mol. The molecule has 0 aliphatic rings. The van der Waals surface area contributed by atoms with Crippen molar-refractivity contribution in [1.82, 2.24) is 0 Å². The first-order valence-electron chi connectivity index (χ1n) is 4.35. The van der Waals surface area contributed by atoms with Gasteiger partial charge >= 0.3 is 0 Å². The summed E-state index contributed by atoms with van der Waals surface area (Å²) in [5.74, 6) is 0.464. The molecule has 0 nitrogen and oxygen atoms in total. The molecule has 64 valence electrons. The van der Waals surface area contributed by atoms with Crippen LogP contribution in [0.3, 0.4) is 0 Å². The van der Waals surface area contributed by atoms with E-state index in [1.165, 1.54) is 16.7 Å². The van der Waals surface area contributed by atoms with Gasteiger partial charge in [-0.25, -0.2) is 0 Å². The summed E-state index contributed by atoms with van der Waals surface area (Å²) in [6.07, 6.45) is 1.98. The topological polar surface area (TPSA) is 0 Å². The van der Waals surface area contributed by atoms with Crippen molar-refractivity contribution in [3.63, 3.8) is 0 Å². The Balaban J connectivity index is 3.09. The third-order valence-electron chi connectivity index (χ3n) is 2.27. The predicted molar refractivity (Wildman–Crippen MR) is 54.5 cm³/mol. The highest BCUT2D eigenvalue weighted by molar-refractivity contribution is 5.34. The molecule has 0 aliphatic heterocycles. The van der Waals surface area contributed by atoms with E-state index in [-0.39, 0.29) is 0 Å². The van der Waals surface area contributed by atoms with Gasteiger partial charge in [0, 0.05) is 0 Å². The third-order valence-corrected chi connectivity index (χ3v) is 2.27. The van der Waals surface area contributed by atoms with E-state index in [2.05, 4.69) is 45.5 Å². The van der Waals surface area contributed by atoms with Gasteiger partial charge in [0.15, 0.2) is 0 Å². The maximum atomic E-state index is 3.80. The summed E-state index contributed by atoms with van der Waals surface area (Å²) in [7, 11) is 0. The van der Waals surface area contributed by atoms with Crippen molar-refractivity contribution in [3.05, 3.63) is 47.5 Å². The highest BCUT2D eigenvalue weighted by atomic mass is 14.1. The molecule has 0 heteroatoms. The average molecular weight is 160 g/mol. The van der Waals surface area contributed by atoms with Crippen molar-refractivity contribution in [2.24, 2.45) is 0 Å². The van der Waals surface area contributed by atoms with Crippen LogP contribution in [-0.2, 0) is 0 Å². The van der Waals surface area contributed by atoms with Gasteiger partial charge in [0.2, 0.25) is 0 Å². The van der Waals surface area contributed by atoms with Crippen LogP contribution in [0.1, 0.15) is 29.5 Å². The van der Waals surface area contributed by atoms with Crippen molar-refractivity contribution in [2.75, 3.05) is 0 Å². The average Bonchev–Trinajstić information content (AvgIpc) is 2.03. The number of allylic oxidation sites excluding steroid dienone is 1. The Morgan fingerprint density at radius 1 is 1.33 bits per heavy atom. The molecule has 0 bridgehead atoms. The fourth-order valence-corrected chi connectivity index (χ4v) is 1.46. The van der Waals surface area contributed by atoms with Gasteiger partial charge in [-0.05, 0) is 30.9 Å². The van der Waals surface area contributed by atoms with Crippen molar-refractivity contribution in [3.8, 4) is 0 Å². The maximum absolute atomic E-state index is 3.80. The van der Waals surface area contributed by atoms with Crippen LogP contribution in [0.25, 0.3) is 0 Å². The molecule has 1 atom stereocenters. The van der Waals surface area contributed by atoms with Crippen LogP contribution in [0.15, 0.2) is 30.9 Å². The molecule has 12 heavy (non-hydrogen) atoms. The number of benzene rings is 1. The summed E-state index contributed by atoms with van der Waals surface area (Å²) in [6, 6.07) is 6.56. The molecule has 1 rings (SSSR count). The van der Waals surface area contributed by atoms with Gasteiger partial charge in [0.05, 0.1) is 0 Å². The fourth-order valence-electron chi connectivity index (χ4n) is 1.46. The normalized spacial score (nSPS) is 12.6. The summed E-state index contributed by atoms with van der Waals surface area (Å²) in [5.41, 5.74) is 4.07. The van der Waals surface area contributed by atoms with Crippen molar-refractivity contribution in [2.45, 2.75) is 26.7 Å². The van der Waals surface area contributed by atoms with Crippen LogP contribution >= 0.6 is 0 Å². The molecule has 0 saturated carbocycles. The van der Waals surface area contributed by atoms with Gasteiger partial charge in [-0.1, -0.05) is 36.8 Å². The molecule has 0 amide bonds. The highest BCUT2D eigenvalue weighted by Crippen LogP contribution is 2.20. The summed E-state index contributed by atoms with van der Waals surface area (Å²) in [5, 5.41) is 0. The summed E-state index contributed by atoms with van der Waals surface area (Å²) >= 11 is 0. The molecule has 1 aromatic carbocycles. The predicted octanol–water partition coefficient (Wildman–Crippen LogP) is 3.59. The zero-order valence-electron chi connectivity index (χ0n) is 8.09. The first-order chi connectivity index (χ1) is 5.65. The maximum Gasteiger partial charge on any atom is -0.00105 e. The van der Waals surface area contributed by atoms with Crippen molar-refractivity contribution in [1.29, 1.82) is 0 Å². The zero-order chi connectivity index (χ0) is 9.14. The van der Waals surface area contributed by atoms with Crippen LogP contribution in [0.4, 0.5) is 0 Å². The minimum atomic E-state index is 0.464. The Morgan fingerprint density at radius 2 is 2.00 bits per heavy atom. The second-order valence-corrected chi connectivity index (χ2v) is 3.38. The number of rotatable bonds is 2. The van der Waals surface area contributed by atoms with Crippen LogP contribution in [0, 0.1) is 13.8 Å². The Labute approximate surface area is 74.9 Å². The number of hydrogen-bond acceptors (Lipinski definition) is 0. The van der Waals surface area contributed by atoms with Crippen LogP contribution < -0.4 is 0 Å². The lowest BCUT2D eigenvalue weighted by Crippen LogP contribution is -1.92. The smallest absolute Gasteiger partial charge is 0.00105 e. The van der Waals surface area contributed by atoms with Gasteiger partial charge in [0.25, 0.3) is 0 Å². The van der Waals surface area contributed by atoms with Crippen molar-refractivity contribution >= 4 is 0 Å². The first-order valence-corrected chi connectivity index (χ1v) is 4.35. The quantitative estimate of drug-likeness (QED) is 0.580. The second-order valence-electron chi connectivity index (χ2n) is 3.38. The molecule has 0 saturated heterocycles. The SMILES string of the molecule is C=CC(C)c1ccc(C)cc1C. The lowest BCUT2D eigenvalue weighted by Gasteiger charge is -2.10. The van der Waals surface area contributed by atoms with E-state index in [1.807, 2.05) is 6.08 Å². The number of hydrogen-bond donors (Lipinski definition) is 0. The summed E-state index contributed by atoms with van der Waals surface area (Å²) < 4.78 is 0. The van der Waals surface area contributed by atoms with E-state index in [9.17, 15) is 0 Å². The van der Waals surface area contributed by atoms with Crippen LogP contribution in [-0.4, -0.2) is 0 Å². The van der Waals surface area contributed by atoms with E-state index < -0.39 is 0 Å². The Kier molecular flexibility index (Phi) is 2.69. The lowest BCUT2D eigenvalue weighted by atomic mass is 9.95. The standard InChI is InChI=1S/C12H16/c1-5-10(3)12-7-6-9(2)8-11(12)4/h5-8,10H,1H2,2-4H3. The first kappa shape index (κ1) is 9.05. The molecule has 0 spiro atoms. The third kappa shape index (κ3) is 1.76. The minimum absolute atomic E-state index is 0.464. The van der Waals surface area contributed by atoms with Gasteiger partial charge in [-0.3, -0.25) is 0 Å². The molecular weight excluding hydrogens is 144 g/mol. The lowest BCUT2D eigenvalue weighted by molar-refractivity contribution is 0.954. The summed E-state index contributed by atoms with van der Waals surface area (Å²) in [6.45, 7) is 10.2.